The van der Waals surface area contributed by atoms with Crippen LogP contribution in [0.5, 0.6) is 11.6 Å². The fourth-order valence-corrected chi connectivity index (χ4v) is 3.58. The zero-order chi connectivity index (χ0) is 20.4. The molecular weight excluding hydrogens is 368 g/mol. The van der Waals surface area contributed by atoms with Crippen molar-refractivity contribution in [2.75, 3.05) is 13.1 Å². The van der Waals surface area contributed by atoms with Gasteiger partial charge in [-0.25, -0.2) is 9.97 Å². The smallest absolute Gasteiger partial charge is 0.275 e. The lowest BCUT2D eigenvalue weighted by atomic mass is 9.96. The van der Waals surface area contributed by atoms with E-state index in [0.29, 0.717) is 36.4 Å². The van der Waals surface area contributed by atoms with Gasteiger partial charge in [0.2, 0.25) is 5.88 Å². The number of para-hydroxylation sites is 1. The zero-order valence-corrected chi connectivity index (χ0v) is 16.9. The van der Waals surface area contributed by atoms with E-state index in [9.17, 15) is 4.79 Å². The molecule has 0 saturated carbocycles. The Bertz CT molecular complexity index is 1030. The number of aryl methyl sites for hydroxylation is 3. The second-order valence-corrected chi connectivity index (χ2v) is 7.42. The van der Waals surface area contributed by atoms with Crippen molar-refractivity contribution in [1.82, 2.24) is 19.9 Å². The molecule has 3 heterocycles. The molecule has 0 radical (unpaired) electrons. The first-order valence-electron chi connectivity index (χ1n) is 9.80. The zero-order valence-electron chi connectivity index (χ0n) is 16.9. The second-order valence-electron chi connectivity index (χ2n) is 7.42. The van der Waals surface area contributed by atoms with E-state index in [1.54, 1.807) is 11.8 Å². The predicted octanol–water partition coefficient (Wildman–Crippen LogP) is 4.20. The number of likely N-dealkylation sites (tertiary alicyclic amines) is 1. The van der Waals surface area contributed by atoms with Gasteiger partial charge in [0.25, 0.3) is 5.91 Å². The highest BCUT2D eigenvalue weighted by molar-refractivity contribution is 5.92. The van der Waals surface area contributed by atoms with Crippen molar-refractivity contribution in [3.05, 3.63) is 65.3 Å². The molecule has 2 aromatic heterocycles. The molecule has 7 nitrogen and oxygen atoms in total. The SMILES string of the molecule is Cc1cc(Oc2ccccc2C)nc(C2CCCN(C(=O)c3coc(C)n3)C2)n1. The first-order valence-corrected chi connectivity index (χ1v) is 9.80. The summed E-state index contributed by atoms with van der Waals surface area (Å²) in [6.07, 6.45) is 3.23. The Hall–Kier alpha value is -3.22. The normalized spacial score (nSPS) is 16.7. The summed E-state index contributed by atoms with van der Waals surface area (Å²) in [5, 5.41) is 0. The molecule has 0 N–H and O–H groups in total. The molecule has 0 bridgehead atoms. The van der Waals surface area contributed by atoms with E-state index >= 15 is 0 Å². The summed E-state index contributed by atoms with van der Waals surface area (Å²) in [6, 6.07) is 9.67. The Morgan fingerprint density at radius 3 is 2.76 bits per heavy atom. The average molecular weight is 392 g/mol. The van der Waals surface area contributed by atoms with Gasteiger partial charge in [-0.1, -0.05) is 18.2 Å². The lowest BCUT2D eigenvalue weighted by Crippen LogP contribution is -2.39. The molecule has 1 fully saturated rings. The van der Waals surface area contributed by atoms with Gasteiger partial charge in [0.15, 0.2) is 11.6 Å². The molecule has 150 valence electrons. The number of aromatic nitrogens is 3. The largest absolute Gasteiger partial charge is 0.448 e. The van der Waals surface area contributed by atoms with Gasteiger partial charge in [-0.2, -0.15) is 4.98 Å². The number of rotatable bonds is 4. The van der Waals surface area contributed by atoms with E-state index in [2.05, 4.69) is 15.0 Å². The highest BCUT2D eigenvalue weighted by atomic mass is 16.5. The Morgan fingerprint density at radius 2 is 2.00 bits per heavy atom. The van der Waals surface area contributed by atoms with Gasteiger partial charge >= 0.3 is 0 Å². The summed E-state index contributed by atoms with van der Waals surface area (Å²) in [6.45, 7) is 6.91. The summed E-state index contributed by atoms with van der Waals surface area (Å²) < 4.78 is 11.2. The fourth-order valence-electron chi connectivity index (χ4n) is 3.58. The van der Waals surface area contributed by atoms with Crippen molar-refractivity contribution < 1.29 is 13.9 Å². The van der Waals surface area contributed by atoms with Gasteiger partial charge in [0, 0.05) is 37.7 Å². The van der Waals surface area contributed by atoms with E-state index in [4.69, 9.17) is 9.15 Å². The number of piperidine rings is 1. The number of carbonyl (C=O) groups is 1. The molecule has 1 unspecified atom stereocenters. The number of benzene rings is 1. The number of hydrogen-bond acceptors (Lipinski definition) is 6. The average Bonchev–Trinajstić information content (AvgIpc) is 3.15. The molecule has 1 atom stereocenters. The number of amides is 1. The Morgan fingerprint density at radius 1 is 1.17 bits per heavy atom. The maximum absolute atomic E-state index is 12.7. The van der Waals surface area contributed by atoms with E-state index in [1.807, 2.05) is 44.2 Å². The Kier molecular flexibility index (Phi) is 5.29. The van der Waals surface area contributed by atoms with Gasteiger partial charge in [-0.05, 0) is 38.3 Å². The van der Waals surface area contributed by atoms with E-state index in [0.717, 1.165) is 29.8 Å². The lowest BCUT2D eigenvalue weighted by Gasteiger charge is -2.31. The third-order valence-electron chi connectivity index (χ3n) is 5.07. The lowest BCUT2D eigenvalue weighted by molar-refractivity contribution is 0.0698. The van der Waals surface area contributed by atoms with E-state index in [1.165, 1.54) is 6.26 Å². The first kappa shape index (κ1) is 19.1. The monoisotopic (exact) mass is 392 g/mol. The van der Waals surface area contributed by atoms with E-state index in [-0.39, 0.29) is 11.8 Å². The molecule has 3 aromatic rings. The fraction of sp³-hybridized carbons (Fsp3) is 0.364. The highest BCUT2D eigenvalue weighted by Crippen LogP contribution is 2.29. The number of hydrogen-bond donors (Lipinski definition) is 0. The topological polar surface area (TPSA) is 81.4 Å². The number of oxazole rings is 1. The van der Waals surface area contributed by atoms with Crippen LogP contribution < -0.4 is 4.74 Å². The molecule has 1 aliphatic rings. The van der Waals surface area contributed by atoms with Crippen molar-refractivity contribution in [2.24, 2.45) is 0 Å². The minimum Gasteiger partial charge on any atom is -0.448 e. The Labute approximate surface area is 169 Å². The summed E-state index contributed by atoms with van der Waals surface area (Å²) >= 11 is 0. The van der Waals surface area contributed by atoms with Gasteiger partial charge in [-0.3, -0.25) is 4.79 Å². The third-order valence-corrected chi connectivity index (χ3v) is 5.07. The molecule has 7 heteroatoms. The van der Waals surface area contributed by atoms with Crippen LogP contribution in [0.1, 0.15) is 52.2 Å². The summed E-state index contributed by atoms with van der Waals surface area (Å²) in [5.41, 5.74) is 2.23. The van der Waals surface area contributed by atoms with Gasteiger partial charge < -0.3 is 14.1 Å². The van der Waals surface area contributed by atoms with Gasteiger partial charge in [0.05, 0.1) is 0 Å². The van der Waals surface area contributed by atoms with Gasteiger partial charge in [0.1, 0.15) is 17.8 Å². The molecular formula is C22H24N4O3. The second kappa shape index (κ2) is 8.03. The standard InChI is InChI=1S/C22H24N4O3/c1-14-7-4-5-9-19(14)29-20-11-15(2)23-21(25-20)17-8-6-10-26(12-17)22(27)18-13-28-16(3)24-18/h4-5,7,9,11,13,17H,6,8,10,12H2,1-3H3. The minimum atomic E-state index is -0.115. The molecule has 0 spiro atoms. The van der Waals surface area contributed by atoms with Crippen LogP contribution in [-0.4, -0.2) is 38.8 Å². The molecule has 4 rings (SSSR count). The maximum Gasteiger partial charge on any atom is 0.275 e. The molecule has 1 amide bonds. The summed E-state index contributed by atoms with van der Waals surface area (Å²) in [4.78, 5) is 28.0. The van der Waals surface area contributed by atoms with Gasteiger partial charge in [-0.15, -0.1) is 0 Å². The van der Waals surface area contributed by atoms with Crippen LogP contribution in [0.15, 0.2) is 41.0 Å². The molecule has 1 aliphatic heterocycles. The van der Waals surface area contributed by atoms with Crippen LogP contribution in [0.2, 0.25) is 0 Å². The van der Waals surface area contributed by atoms with Crippen molar-refractivity contribution >= 4 is 5.91 Å². The van der Waals surface area contributed by atoms with Crippen LogP contribution in [0.3, 0.4) is 0 Å². The molecule has 1 aromatic carbocycles. The Balaban J connectivity index is 1.53. The number of ether oxygens (including phenoxy) is 1. The van der Waals surface area contributed by atoms with Crippen LogP contribution in [0.25, 0.3) is 0 Å². The number of carbonyl (C=O) groups excluding carboxylic acids is 1. The molecule has 1 saturated heterocycles. The van der Waals surface area contributed by atoms with Crippen molar-refractivity contribution in [2.45, 2.75) is 39.5 Å². The van der Waals surface area contributed by atoms with Crippen molar-refractivity contribution in [1.29, 1.82) is 0 Å². The van der Waals surface area contributed by atoms with E-state index < -0.39 is 0 Å². The van der Waals surface area contributed by atoms with Crippen molar-refractivity contribution in [3.63, 3.8) is 0 Å². The van der Waals surface area contributed by atoms with Crippen LogP contribution in [0.4, 0.5) is 0 Å². The third kappa shape index (κ3) is 4.29. The quantitative estimate of drug-likeness (QED) is 0.662. The summed E-state index contributed by atoms with van der Waals surface area (Å²) in [7, 11) is 0. The summed E-state index contributed by atoms with van der Waals surface area (Å²) in [5.74, 6) is 2.44. The molecule has 29 heavy (non-hydrogen) atoms. The molecule has 0 aliphatic carbocycles. The minimum absolute atomic E-state index is 0.0554. The number of nitrogens with zero attached hydrogens (tertiary/aromatic N) is 4. The van der Waals surface area contributed by atoms with Crippen LogP contribution >= 0.6 is 0 Å². The predicted molar refractivity (Wildman–Crippen MR) is 107 cm³/mol. The van der Waals surface area contributed by atoms with Crippen LogP contribution in [-0.2, 0) is 0 Å². The first-order chi connectivity index (χ1) is 14.0. The maximum atomic E-state index is 12.7. The highest BCUT2D eigenvalue weighted by Gasteiger charge is 2.29. The van der Waals surface area contributed by atoms with Crippen LogP contribution in [0, 0.1) is 20.8 Å². The van der Waals surface area contributed by atoms with Crippen molar-refractivity contribution in [3.8, 4) is 11.6 Å².